The Kier molecular flexibility index (Phi) is 8.01. The molecule has 0 rings (SSSR count). The number of carbonyl (C=O) groups is 1. The number of rotatable bonds is 8. The largest absolute Gasteiger partial charge is 0.374 e. The van der Waals surface area contributed by atoms with Crippen molar-refractivity contribution in [3.63, 3.8) is 0 Å². The van der Waals surface area contributed by atoms with Crippen LogP contribution in [0.15, 0.2) is 0 Å². The van der Waals surface area contributed by atoms with Crippen molar-refractivity contribution in [3.05, 3.63) is 0 Å². The van der Waals surface area contributed by atoms with E-state index in [9.17, 15) is 13.6 Å². The minimum atomic E-state index is -2.47. The van der Waals surface area contributed by atoms with Gasteiger partial charge < -0.3 is 15.8 Å². The van der Waals surface area contributed by atoms with Gasteiger partial charge in [-0.3, -0.25) is 4.79 Å². The van der Waals surface area contributed by atoms with E-state index in [4.69, 9.17) is 5.73 Å². The predicted octanol–water partition coefficient (Wildman–Crippen LogP) is 0.758. The fourth-order valence-corrected chi connectivity index (χ4v) is 1.05. The lowest BCUT2D eigenvalue weighted by Crippen LogP contribution is -2.45. The van der Waals surface area contributed by atoms with Gasteiger partial charge in [0.2, 0.25) is 5.91 Å². The molecule has 3 N–H and O–H groups in total. The number of alkyl halides is 2. The van der Waals surface area contributed by atoms with Crippen LogP contribution in [-0.4, -0.2) is 38.1 Å². The summed E-state index contributed by atoms with van der Waals surface area (Å²) in [6.07, 6.45) is -1.66. The maximum Gasteiger partial charge on any atom is 0.261 e. The van der Waals surface area contributed by atoms with Crippen molar-refractivity contribution in [2.75, 3.05) is 19.8 Å². The summed E-state index contributed by atoms with van der Waals surface area (Å²) in [5.41, 5.74) is 5.66. The number of hydrogen-bond acceptors (Lipinski definition) is 3. The molecule has 0 saturated carbocycles. The highest BCUT2D eigenvalue weighted by Crippen LogP contribution is 2.04. The fraction of sp³-hybridized carbons (Fsp3) is 0.900. The molecule has 0 spiro atoms. The zero-order chi connectivity index (χ0) is 12.6. The van der Waals surface area contributed by atoms with Crippen LogP contribution in [0.4, 0.5) is 8.78 Å². The molecule has 0 aliphatic rings. The molecule has 0 aromatic heterocycles. The van der Waals surface area contributed by atoms with Crippen molar-refractivity contribution in [2.24, 2.45) is 11.7 Å². The third kappa shape index (κ3) is 6.68. The van der Waals surface area contributed by atoms with Crippen LogP contribution in [0.25, 0.3) is 0 Å². The smallest absolute Gasteiger partial charge is 0.261 e. The van der Waals surface area contributed by atoms with Gasteiger partial charge in [-0.25, -0.2) is 8.78 Å². The average Bonchev–Trinajstić information content (AvgIpc) is 2.25. The van der Waals surface area contributed by atoms with Gasteiger partial charge in [-0.15, -0.1) is 0 Å². The molecule has 0 aromatic rings. The standard InChI is InChI=1S/C10H20F2N2O2/c1-3-7(2)9(13)10(15)14-4-5-16-6-8(11)12/h7-9H,3-6,13H2,1-2H3,(H,14,15). The Bertz CT molecular complexity index is 203. The van der Waals surface area contributed by atoms with Crippen LogP contribution >= 0.6 is 0 Å². The minimum absolute atomic E-state index is 0.0727. The third-order valence-corrected chi connectivity index (χ3v) is 2.35. The van der Waals surface area contributed by atoms with Gasteiger partial charge in [-0.2, -0.15) is 0 Å². The van der Waals surface area contributed by atoms with E-state index in [1.54, 1.807) is 0 Å². The summed E-state index contributed by atoms with van der Waals surface area (Å²) in [4.78, 5) is 11.4. The summed E-state index contributed by atoms with van der Waals surface area (Å²) in [5.74, 6) is -0.169. The first kappa shape index (κ1) is 15.2. The van der Waals surface area contributed by atoms with Crippen LogP contribution in [-0.2, 0) is 9.53 Å². The number of carbonyl (C=O) groups excluding carboxylic acids is 1. The van der Waals surface area contributed by atoms with Crippen molar-refractivity contribution in [2.45, 2.75) is 32.7 Å². The van der Waals surface area contributed by atoms with Gasteiger partial charge in [0.25, 0.3) is 6.43 Å². The highest BCUT2D eigenvalue weighted by molar-refractivity contribution is 5.81. The van der Waals surface area contributed by atoms with E-state index in [2.05, 4.69) is 10.1 Å². The van der Waals surface area contributed by atoms with Crippen molar-refractivity contribution in [1.29, 1.82) is 0 Å². The normalized spacial score (nSPS) is 14.9. The van der Waals surface area contributed by atoms with Gasteiger partial charge in [0.05, 0.1) is 12.6 Å². The molecule has 0 fully saturated rings. The Hall–Kier alpha value is -0.750. The maximum absolute atomic E-state index is 11.7. The number of halogens is 2. The summed E-state index contributed by atoms with van der Waals surface area (Å²) in [7, 11) is 0. The highest BCUT2D eigenvalue weighted by atomic mass is 19.3. The monoisotopic (exact) mass is 238 g/mol. The van der Waals surface area contributed by atoms with Crippen LogP contribution < -0.4 is 11.1 Å². The average molecular weight is 238 g/mol. The van der Waals surface area contributed by atoms with Crippen LogP contribution in [0.3, 0.4) is 0 Å². The molecule has 0 bridgehead atoms. The molecule has 0 aliphatic carbocycles. The Labute approximate surface area is 94.5 Å². The molecule has 6 heteroatoms. The predicted molar refractivity (Wildman–Crippen MR) is 57.3 cm³/mol. The third-order valence-electron chi connectivity index (χ3n) is 2.35. The summed E-state index contributed by atoms with van der Waals surface area (Å²) < 4.78 is 27.9. The van der Waals surface area contributed by atoms with Gasteiger partial charge in [-0.05, 0) is 5.92 Å². The second-order valence-electron chi connectivity index (χ2n) is 3.67. The number of ether oxygens (including phenoxy) is 1. The Morgan fingerprint density at radius 3 is 2.62 bits per heavy atom. The van der Waals surface area contributed by atoms with E-state index in [0.717, 1.165) is 6.42 Å². The molecule has 2 atom stereocenters. The molecule has 0 heterocycles. The Morgan fingerprint density at radius 1 is 1.50 bits per heavy atom. The van der Waals surface area contributed by atoms with Crippen LogP contribution in [0.5, 0.6) is 0 Å². The molecule has 0 saturated heterocycles. The van der Waals surface area contributed by atoms with Crippen molar-refractivity contribution in [3.8, 4) is 0 Å². The van der Waals surface area contributed by atoms with E-state index >= 15 is 0 Å². The molecular formula is C10H20F2N2O2. The molecular weight excluding hydrogens is 218 g/mol. The quantitative estimate of drug-likeness (QED) is 0.613. The number of hydrogen-bond donors (Lipinski definition) is 2. The van der Waals surface area contributed by atoms with E-state index < -0.39 is 19.1 Å². The number of nitrogens with one attached hydrogen (secondary N) is 1. The van der Waals surface area contributed by atoms with E-state index in [1.165, 1.54) is 0 Å². The number of amides is 1. The van der Waals surface area contributed by atoms with Gasteiger partial charge in [0.15, 0.2) is 0 Å². The van der Waals surface area contributed by atoms with E-state index in [0.29, 0.717) is 0 Å². The number of nitrogens with two attached hydrogens (primary N) is 1. The Balaban J connectivity index is 3.57. The molecule has 16 heavy (non-hydrogen) atoms. The summed E-state index contributed by atoms with van der Waals surface area (Å²) in [5, 5.41) is 2.54. The first-order valence-corrected chi connectivity index (χ1v) is 5.38. The zero-order valence-electron chi connectivity index (χ0n) is 9.71. The molecule has 0 radical (unpaired) electrons. The van der Waals surface area contributed by atoms with E-state index in [-0.39, 0.29) is 25.0 Å². The molecule has 0 aromatic carbocycles. The molecule has 0 aliphatic heterocycles. The van der Waals surface area contributed by atoms with E-state index in [1.807, 2.05) is 13.8 Å². The highest BCUT2D eigenvalue weighted by Gasteiger charge is 2.18. The Morgan fingerprint density at radius 2 is 2.12 bits per heavy atom. The lowest BCUT2D eigenvalue weighted by Gasteiger charge is -2.17. The van der Waals surface area contributed by atoms with Crippen LogP contribution in [0.1, 0.15) is 20.3 Å². The molecule has 1 amide bonds. The van der Waals surface area contributed by atoms with Crippen LogP contribution in [0.2, 0.25) is 0 Å². The lowest BCUT2D eigenvalue weighted by atomic mass is 9.99. The first-order chi connectivity index (χ1) is 7.49. The maximum atomic E-state index is 11.7. The molecule has 96 valence electrons. The van der Waals surface area contributed by atoms with Gasteiger partial charge in [0, 0.05) is 6.54 Å². The second kappa shape index (κ2) is 8.41. The molecule has 4 nitrogen and oxygen atoms in total. The van der Waals surface area contributed by atoms with Crippen molar-refractivity contribution < 1.29 is 18.3 Å². The van der Waals surface area contributed by atoms with Crippen LogP contribution in [0, 0.1) is 5.92 Å². The zero-order valence-corrected chi connectivity index (χ0v) is 9.71. The van der Waals surface area contributed by atoms with Crippen molar-refractivity contribution >= 4 is 5.91 Å². The van der Waals surface area contributed by atoms with Gasteiger partial charge >= 0.3 is 0 Å². The minimum Gasteiger partial charge on any atom is -0.374 e. The second-order valence-corrected chi connectivity index (χ2v) is 3.67. The summed E-state index contributed by atoms with van der Waals surface area (Å²) in [6, 6.07) is -0.555. The summed E-state index contributed by atoms with van der Waals surface area (Å²) in [6.45, 7) is 3.51. The summed E-state index contributed by atoms with van der Waals surface area (Å²) >= 11 is 0. The lowest BCUT2D eigenvalue weighted by molar-refractivity contribution is -0.123. The van der Waals surface area contributed by atoms with Crippen molar-refractivity contribution in [1.82, 2.24) is 5.32 Å². The molecule has 2 unspecified atom stereocenters. The SMILES string of the molecule is CCC(C)C(N)C(=O)NCCOCC(F)F. The first-order valence-electron chi connectivity index (χ1n) is 5.38. The van der Waals surface area contributed by atoms with Gasteiger partial charge in [-0.1, -0.05) is 20.3 Å². The fourth-order valence-electron chi connectivity index (χ4n) is 1.05. The van der Waals surface area contributed by atoms with Gasteiger partial charge in [0.1, 0.15) is 6.61 Å². The topological polar surface area (TPSA) is 64.4 Å².